The maximum absolute atomic E-state index is 13.9. The zero-order chi connectivity index (χ0) is 24.8. The number of esters is 1. The van der Waals surface area contributed by atoms with Gasteiger partial charge in [0, 0.05) is 30.4 Å². The lowest BCUT2D eigenvalue weighted by Crippen LogP contribution is -2.41. The lowest BCUT2D eigenvalue weighted by molar-refractivity contribution is -0.152. The first kappa shape index (κ1) is 24.1. The van der Waals surface area contributed by atoms with E-state index in [-0.39, 0.29) is 18.7 Å². The molecule has 0 atom stereocenters. The third-order valence-corrected chi connectivity index (χ3v) is 5.91. The highest BCUT2D eigenvalue weighted by Crippen LogP contribution is 2.27. The minimum absolute atomic E-state index is 0.208. The van der Waals surface area contributed by atoms with E-state index in [1.807, 2.05) is 42.5 Å². The number of para-hydroxylation sites is 1. The second kappa shape index (κ2) is 10.9. The average molecular weight is 478 g/mol. The summed E-state index contributed by atoms with van der Waals surface area (Å²) in [5.74, 6) is -3.67. The molecule has 3 aromatic rings. The minimum atomic E-state index is -0.920. The van der Waals surface area contributed by atoms with E-state index in [1.165, 1.54) is 4.90 Å². The zero-order valence-corrected chi connectivity index (χ0v) is 18.9. The summed E-state index contributed by atoms with van der Waals surface area (Å²) in [6, 6.07) is 19.8. The van der Waals surface area contributed by atoms with Crippen LogP contribution in [0.3, 0.4) is 0 Å². The molecule has 1 aliphatic heterocycles. The minimum Gasteiger partial charge on any atom is -0.455 e. The molecule has 6 nitrogen and oxygen atoms in total. The maximum Gasteiger partial charge on any atom is 0.309 e. The standard InChI is InChI=1S/C27H24F2N2O4/c28-20-10-11-22(23(29)16-20)26(33)31-14-12-19(13-15-31)27(34)35-17-25(32)30-24-9-5-4-8-21(24)18-6-2-1-3-7-18/h1-11,16,19H,12-15,17H2,(H,30,32). The van der Waals surface area contributed by atoms with Crippen LogP contribution in [0.5, 0.6) is 0 Å². The van der Waals surface area contributed by atoms with Crippen LogP contribution in [0, 0.1) is 17.6 Å². The smallest absolute Gasteiger partial charge is 0.309 e. The number of piperidine rings is 1. The van der Waals surface area contributed by atoms with Crippen LogP contribution in [-0.4, -0.2) is 42.4 Å². The number of hydrogen-bond donors (Lipinski definition) is 1. The molecule has 2 amide bonds. The van der Waals surface area contributed by atoms with Gasteiger partial charge >= 0.3 is 5.97 Å². The Bertz CT molecular complexity index is 1220. The lowest BCUT2D eigenvalue weighted by Gasteiger charge is -2.31. The number of benzene rings is 3. The van der Waals surface area contributed by atoms with Gasteiger partial charge in [0.05, 0.1) is 11.5 Å². The zero-order valence-electron chi connectivity index (χ0n) is 18.9. The van der Waals surface area contributed by atoms with Gasteiger partial charge in [-0.25, -0.2) is 8.78 Å². The Hall–Kier alpha value is -4.07. The number of carbonyl (C=O) groups excluding carboxylic acids is 3. The highest BCUT2D eigenvalue weighted by molar-refractivity contribution is 5.97. The van der Waals surface area contributed by atoms with E-state index in [0.29, 0.717) is 24.6 Å². The normalized spacial score (nSPS) is 13.8. The molecule has 3 aromatic carbocycles. The summed E-state index contributed by atoms with van der Waals surface area (Å²) in [7, 11) is 0. The predicted octanol–water partition coefficient (Wildman–Crippen LogP) is 4.67. The molecule has 0 radical (unpaired) electrons. The first-order valence-corrected chi connectivity index (χ1v) is 11.3. The van der Waals surface area contributed by atoms with Crippen molar-refractivity contribution in [3.63, 3.8) is 0 Å². The fraction of sp³-hybridized carbons (Fsp3) is 0.222. The molecule has 8 heteroatoms. The molecule has 1 N–H and O–H groups in total. The van der Waals surface area contributed by atoms with E-state index in [1.54, 1.807) is 12.1 Å². The van der Waals surface area contributed by atoms with Gasteiger partial charge in [0.25, 0.3) is 11.8 Å². The van der Waals surface area contributed by atoms with Crippen molar-refractivity contribution in [2.75, 3.05) is 25.0 Å². The summed E-state index contributed by atoms with van der Waals surface area (Å²) < 4.78 is 32.2. The molecule has 1 fully saturated rings. The Kier molecular flexibility index (Phi) is 7.50. The van der Waals surface area contributed by atoms with E-state index >= 15 is 0 Å². The SMILES string of the molecule is O=C(COC(=O)C1CCN(C(=O)c2ccc(F)cc2F)CC1)Nc1ccccc1-c1ccccc1. The summed E-state index contributed by atoms with van der Waals surface area (Å²) >= 11 is 0. The molecule has 0 unspecified atom stereocenters. The number of rotatable bonds is 6. The molecule has 0 bridgehead atoms. The van der Waals surface area contributed by atoms with Crippen LogP contribution in [0.2, 0.25) is 0 Å². The molecule has 1 saturated heterocycles. The number of hydrogen-bond acceptors (Lipinski definition) is 4. The van der Waals surface area contributed by atoms with E-state index in [9.17, 15) is 23.2 Å². The lowest BCUT2D eigenvalue weighted by atomic mass is 9.96. The number of nitrogens with zero attached hydrogens (tertiary/aromatic N) is 1. The number of halogens is 2. The molecule has 0 aliphatic carbocycles. The summed E-state index contributed by atoms with van der Waals surface area (Å²) in [5.41, 5.74) is 2.20. The van der Waals surface area contributed by atoms with Crippen LogP contribution in [0.1, 0.15) is 23.2 Å². The third-order valence-electron chi connectivity index (χ3n) is 5.91. The van der Waals surface area contributed by atoms with Crippen molar-refractivity contribution in [3.05, 3.63) is 90.0 Å². The Labute approximate surface area is 201 Å². The van der Waals surface area contributed by atoms with Crippen LogP contribution >= 0.6 is 0 Å². The van der Waals surface area contributed by atoms with E-state index in [0.717, 1.165) is 23.3 Å². The third kappa shape index (κ3) is 5.90. The van der Waals surface area contributed by atoms with Crippen molar-refractivity contribution in [2.45, 2.75) is 12.8 Å². The maximum atomic E-state index is 13.9. The fourth-order valence-electron chi connectivity index (χ4n) is 4.05. The molecule has 0 aromatic heterocycles. The van der Waals surface area contributed by atoms with Crippen LogP contribution < -0.4 is 5.32 Å². The average Bonchev–Trinajstić information content (AvgIpc) is 2.88. The molecule has 35 heavy (non-hydrogen) atoms. The van der Waals surface area contributed by atoms with Crippen molar-refractivity contribution >= 4 is 23.5 Å². The number of anilines is 1. The monoisotopic (exact) mass is 478 g/mol. The fourth-order valence-corrected chi connectivity index (χ4v) is 4.05. The summed E-state index contributed by atoms with van der Waals surface area (Å²) in [5, 5.41) is 2.79. The van der Waals surface area contributed by atoms with Crippen LogP contribution in [0.15, 0.2) is 72.8 Å². The molecular formula is C27H24F2N2O4. The number of likely N-dealkylation sites (tertiary alicyclic amines) is 1. The van der Waals surface area contributed by atoms with Crippen LogP contribution in [0.25, 0.3) is 11.1 Å². The van der Waals surface area contributed by atoms with Crippen molar-refractivity contribution in [3.8, 4) is 11.1 Å². The Morgan fingerprint density at radius 1 is 0.914 bits per heavy atom. The van der Waals surface area contributed by atoms with Gasteiger partial charge in [0.2, 0.25) is 0 Å². The van der Waals surface area contributed by atoms with Gasteiger partial charge in [-0.1, -0.05) is 48.5 Å². The van der Waals surface area contributed by atoms with Gasteiger partial charge in [-0.3, -0.25) is 14.4 Å². The molecule has 180 valence electrons. The molecule has 0 saturated carbocycles. The quantitative estimate of drug-likeness (QED) is 0.523. The van der Waals surface area contributed by atoms with Gasteiger partial charge < -0.3 is 15.0 Å². The largest absolute Gasteiger partial charge is 0.455 e. The number of amides is 2. The molecular weight excluding hydrogens is 454 g/mol. The number of ether oxygens (including phenoxy) is 1. The Morgan fingerprint density at radius 2 is 1.60 bits per heavy atom. The Morgan fingerprint density at radius 3 is 2.31 bits per heavy atom. The second-order valence-corrected chi connectivity index (χ2v) is 8.26. The Balaban J connectivity index is 1.27. The van der Waals surface area contributed by atoms with Crippen molar-refractivity contribution in [2.24, 2.45) is 5.92 Å². The molecule has 4 rings (SSSR count). The van der Waals surface area contributed by atoms with E-state index < -0.39 is 41.9 Å². The van der Waals surface area contributed by atoms with Crippen molar-refractivity contribution in [1.29, 1.82) is 0 Å². The van der Waals surface area contributed by atoms with Crippen molar-refractivity contribution < 1.29 is 27.9 Å². The van der Waals surface area contributed by atoms with E-state index in [4.69, 9.17) is 4.74 Å². The molecule has 1 heterocycles. The van der Waals surface area contributed by atoms with Gasteiger partial charge in [0.1, 0.15) is 11.6 Å². The first-order valence-electron chi connectivity index (χ1n) is 11.3. The molecule has 1 aliphatic rings. The number of nitrogens with one attached hydrogen (secondary N) is 1. The predicted molar refractivity (Wildman–Crippen MR) is 126 cm³/mol. The summed E-state index contributed by atoms with van der Waals surface area (Å²) in [4.78, 5) is 38.9. The van der Waals surface area contributed by atoms with Gasteiger partial charge in [-0.05, 0) is 36.6 Å². The van der Waals surface area contributed by atoms with Gasteiger partial charge in [-0.2, -0.15) is 0 Å². The topological polar surface area (TPSA) is 75.7 Å². The summed E-state index contributed by atoms with van der Waals surface area (Å²) in [6.45, 7) is 0.0278. The highest BCUT2D eigenvalue weighted by Gasteiger charge is 2.30. The first-order chi connectivity index (χ1) is 16.9. The van der Waals surface area contributed by atoms with Gasteiger partial charge in [-0.15, -0.1) is 0 Å². The van der Waals surface area contributed by atoms with E-state index in [2.05, 4.69) is 5.32 Å². The summed E-state index contributed by atoms with van der Waals surface area (Å²) in [6.07, 6.45) is 0.650. The highest BCUT2D eigenvalue weighted by atomic mass is 19.1. The van der Waals surface area contributed by atoms with Crippen LogP contribution in [-0.2, 0) is 14.3 Å². The van der Waals surface area contributed by atoms with Gasteiger partial charge in [0.15, 0.2) is 6.61 Å². The van der Waals surface area contributed by atoms with Crippen molar-refractivity contribution in [1.82, 2.24) is 4.90 Å². The number of carbonyl (C=O) groups is 3. The van der Waals surface area contributed by atoms with Crippen LogP contribution in [0.4, 0.5) is 14.5 Å². The molecule has 0 spiro atoms. The second-order valence-electron chi connectivity index (χ2n) is 8.26.